The zero-order chi connectivity index (χ0) is 30.5. The number of fused-ring (bicyclic) bond motifs is 1. The second kappa shape index (κ2) is 13.0. The van der Waals surface area contributed by atoms with Crippen molar-refractivity contribution in [3.8, 4) is 17.2 Å². The van der Waals surface area contributed by atoms with Crippen LogP contribution in [0.3, 0.4) is 0 Å². The van der Waals surface area contributed by atoms with Crippen molar-refractivity contribution in [2.75, 3.05) is 53.2 Å². The SMILES string of the molecule is CNC(=O)n1ccc2cc(Oc3ccnc(NC(=O)c4ccc(C5CCN(C(=O)CN(C)C)CC5)cc4)c3)c(OC)cc21. The number of methoxy groups -OCH3 is 1. The summed E-state index contributed by atoms with van der Waals surface area (Å²) >= 11 is 0. The molecule has 224 valence electrons. The molecule has 0 atom stereocenters. The molecular formula is C32H36N6O5. The summed E-state index contributed by atoms with van der Waals surface area (Å²) in [5.41, 5.74) is 2.36. The van der Waals surface area contributed by atoms with Crippen LogP contribution in [0.5, 0.6) is 17.2 Å². The smallest absolute Gasteiger partial charge is 0.325 e. The molecule has 5 rings (SSSR count). The van der Waals surface area contributed by atoms with E-state index in [0.29, 0.717) is 46.6 Å². The molecule has 0 saturated carbocycles. The van der Waals surface area contributed by atoms with Gasteiger partial charge in [0.25, 0.3) is 5.91 Å². The van der Waals surface area contributed by atoms with Crippen molar-refractivity contribution in [1.29, 1.82) is 0 Å². The molecule has 2 aromatic carbocycles. The number of hydrogen-bond donors (Lipinski definition) is 2. The Morgan fingerprint density at radius 1 is 1.00 bits per heavy atom. The second-order valence-corrected chi connectivity index (χ2v) is 10.8. The number of pyridine rings is 1. The fourth-order valence-electron chi connectivity index (χ4n) is 5.28. The Kier molecular flexibility index (Phi) is 8.91. The number of piperidine rings is 1. The van der Waals surface area contributed by atoms with E-state index in [0.717, 1.165) is 31.3 Å². The number of nitrogens with one attached hydrogen (secondary N) is 2. The van der Waals surface area contributed by atoms with E-state index in [1.165, 1.54) is 17.2 Å². The number of carbonyl (C=O) groups excluding carboxylic acids is 3. The molecule has 4 aromatic rings. The number of hydrogen-bond acceptors (Lipinski definition) is 7. The third-order valence-electron chi connectivity index (χ3n) is 7.55. The minimum absolute atomic E-state index is 0.163. The van der Waals surface area contributed by atoms with E-state index in [2.05, 4.69) is 15.6 Å². The fourth-order valence-corrected chi connectivity index (χ4v) is 5.28. The highest BCUT2D eigenvalue weighted by atomic mass is 16.5. The van der Waals surface area contributed by atoms with Gasteiger partial charge in [-0.05, 0) is 68.8 Å². The molecule has 11 nitrogen and oxygen atoms in total. The standard InChI is InChI=1S/C32H36N6O5/c1-33-32(41)38-16-12-24-17-28(27(42-4)19-26(24)38)43-25-9-13-34-29(18-25)35-31(40)23-7-5-21(6-8-23)22-10-14-37(15-11-22)30(39)20-36(2)3/h5-9,12-13,16-19,22H,10-11,14-15,20H2,1-4H3,(H,33,41)(H,34,35,40). The topological polar surface area (TPSA) is 118 Å². The van der Waals surface area contributed by atoms with Crippen LogP contribution in [0.1, 0.15) is 34.7 Å². The van der Waals surface area contributed by atoms with Gasteiger partial charge in [-0.1, -0.05) is 12.1 Å². The fraction of sp³-hybridized carbons (Fsp3) is 0.312. The van der Waals surface area contributed by atoms with Crippen LogP contribution in [0.4, 0.5) is 10.6 Å². The molecule has 0 radical (unpaired) electrons. The summed E-state index contributed by atoms with van der Waals surface area (Å²) in [6.45, 7) is 1.91. The van der Waals surface area contributed by atoms with Crippen LogP contribution < -0.4 is 20.1 Å². The Hall–Kier alpha value is -4.90. The minimum Gasteiger partial charge on any atom is -0.493 e. The number of amides is 3. The van der Waals surface area contributed by atoms with E-state index >= 15 is 0 Å². The van der Waals surface area contributed by atoms with Gasteiger partial charge in [0, 0.05) is 55.6 Å². The number of aromatic nitrogens is 2. The predicted molar refractivity (Wildman–Crippen MR) is 164 cm³/mol. The first kappa shape index (κ1) is 29.6. The van der Waals surface area contributed by atoms with Crippen molar-refractivity contribution in [3.05, 3.63) is 78.1 Å². The van der Waals surface area contributed by atoms with E-state index in [1.807, 2.05) is 54.2 Å². The molecule has 3 amide bonds. The maximum Gasteiger partial charge on any atom is 0.325 e. The van der Waals surface area contributed by atoms with Crippen LogP contribution in [0.2, 0.25) is 0 Å². The van der Waals surface area contributed by atoms with Gasteiger partial charge < -0.3 is 29.9 Å². The maximum atomic E-state index is 13.0. The van der Waals surface area contributed by atoms with Gasteiger partial charge in [0.05, 0.1) is 19.2 Å². The lowest BCUT2D eigenvalue weighted by atomic mass is 9.89. The summed E-state index contributed by atoms with van der Waals surface area (Å²) in [4.78, 5) is 45.6. The van der Waals surface area contributed by atoms with Gasteiger partial charge in [-0.15, -0.1) is 0 Å². The number of rotatable bonds is 8. The van der Waals surface area contributed by atoms with Crippen molar-refractivity contribution in [1.82, 2.24) is 24.7 Å². The Bertz CT molecular complexity index is 1620. The van der Waals surface area contributed by atoms with Crippen molar-refractivity contribution in [3.63, 3.8) is 0 Å². The molecule has 1 aliphatic rings. The lowest BCUT2D eigenvalue weighted by molar-refractivity contribution is -0.132. The second-order valence-electron chi connectivity index (χ2n) is 10.8. The van der Waals surface area contributed by atoms with Crippen LogP contribution in [0.25, 0.3) is 10.9 Å². The first-order valence-electron chi connectivity index (χ1n) is 14.1. The highest BCUT2D eigenvalue weighted by Gasteiger charge is 2.24. The van der Waals surface area contributed by atoms with Gasteiger partial charge in [0.15, 0.2) is 11.5 Å². The van der Waals surface area contributed by atoms with Gasteiger partial charge in [0.2, 0.25) is 5.91 Å². The van der Waals surface area contributed by atoms with Gasteiger partial charge in [-0.2, -0.15) is 0 Å². The molecule has 2 aromatic heterocycles. The average Bonchev–Trinajstić information content (AvgIpc) is 3.43. The van der Waals surface area contributed by atoms with Crippen LogP contribution in [0, 0.1) is 0 Å². The minimum atomic E-state index is -0.283. The molecule has 1 aliphatic heterocycles. The average molecular weight is 585 g/mol. The first-order chi connectivity index (χ1) is 20.7. The number of carbonyl (C=O) groups is 3. The van der Waals surface area contributed by atoms with Crippen LogP contribution >= 0.6 is 0 Å². The third-order valence-corrected chi connectivity index (χ3v) is 7.55. The molecule has 0 unspecified atom stereocenters. The third kappa shape index (κ3) is 6.78. The summed E-state index contributed by atoms with van der Waals surface area (Å²) in [7, 11) is 6.90. The van der Waals surface area contributed by atoms with Gasteiger partial charge in [-0.3, -0.25) is 14.2 Å². The molecule has 11 heteroatoms. The summed E-state index contributed by atoms with van der Waals surface area (Å²) in [6.07, 6.45) is 5.03. The number of likely N-dealkylation sites (tertiary alicyclic amines) is 1. The number of ether oxygens (including phenoxy) is 2. The molecule has 1 saturated heterocycles. The van der Waals surface area contributed by atoms with E-state index < -0.39 is 0 Å². The van der Waals surface area contributed by atoms with Crippen molar-refractivity contribution < 1.29 is 23.9 Å². The van der Waals surface area contributed by atoms with E-state index in [1.54, 1.807) is 43.7 Å². The number of benzene rings is 2. The summed E-state index contributed by atoms with van der Waals surface area (Å²) in [6, 6.07) is 16.0. The van der Waals surface area contributed by atoms with Gasteiger partial charge in [0.1, 0.15) is 11.6 Å². The quantitative estimate of drug-likeness (QED) is 0.312. The van der Waals surface area contributed by atoms with E-state index in [-0.39, 0.29) is 17.8 Å². The molecule has 0 bridgehead atoms. The largest absolute Gasteiger partial charge is 0.493 e. The Labute approximate surface area is 250 Å². The molecule has 1 fully saturated rings. The van der Waals surface area contributed by atoms with Gasteiger partial charge in [-0.25, -0.2) is 9.78 Å². The van der Waals surface area contributed by atoms with Crippen LogP contribution in [0.15, 0.2) is 67.0 Å². The Balaban J connectivity index is 1.22. The number of nitrogens with zero attached hydrogens (tertiary/aromatic N) is 4. The molecule has 2 N–H and O–H groups in total. The summed E-state index contributed by atoms with van der Waals surface area (Å²) in [5.74, 6) is 1.94. The molecule has 3 heterocycles. The summed E-state index contributed by atoms with van der Waals surface area (Å²) < 4.78 is 13.1. The number of anilines is 1. The maximum absolute atomic E-state index is 13.0. The molecule has 0 spiro atoms. The van der Waals surface area contributed by atoms with E-state index in [9.17, 15) is 14.4 Å². The van der Waals surface area contributed by atoms with E-state index in [4.69, 9.17) is 9.47 Å². The van der Waals surface area contributed by atoms with Crippen molar-refractivity contribution in [2.24, 2.45) is 0 Å². The molecule has 0 aliphatic carbocycles. The zero-order valence-electron chi connectivity index (χ0n) is 24.8. The van der Waals surface area contributed by atoms with Crippen molar-refractivity contribution in [2.45, 2.75) is 18.8 Å². The lowest BCUT2D eigenvalue weighted by Crippen LogP contribution is -2.42. The first-order valence-corrected chi connectivity index (χ1v) is 14.1. The Morgan fingerprint density at radius 3 is 2.42 bits per heavy atom. The Morgan fingerprint density at radius 2 is 1.74 bits per heavy atom. The molecular weight excluding hydrogens is 548 g/mol. The van der Waals surface area contributed by atoms with Crippen LogP contribution in [-0.4, -0.2) is 85.1 Å². The zero-order valence-corrected chi connectivity index (χ0v) is 24.8. The molecule has 43 heavy (non-hydrogen) atoms. The summed E-state index contributed by atoms with van der Waals surface area (Å²) in [5, 5.41) is 6.25. The monoisotopic (exact) mass is 584 g/mol. The van der Waals surface area contributed by atoms with Crippen LogP contribution in [-0.2, 0) is 4.79 Å². The highest BCUT2D eigenvalue weighted by Crippen LogP contribution is 2.36. The van der Waals surface area contributed by atoms with Gasteiger partial charge >= 0.3 is 6.03 Å². The normalized spacial score (nSPS) is 13.7. The highest BCUT2D eigenvalue weighted by molar-refractivity contribution is 6.03. The number of likely N-dealkylation sites (N-methyl/N-ethyl adjacent to an activating group) is 1. The predicted octanol–water partition coefficient (Wildman–Crippen LogP) is 4.54. The lowest BCUT2D eigenvalue weighted by Gasteiger charge is -2.33. The van der Waals surface area contributed by atoms with Crippen molar-refractivity contribution >= 4 is 34.6 Å².